The zero-order chi connectivity index (χ0) is 13.2. The minimum atomic E-state index is -2.78. The van der Waals surface area contributed by atoms with Crippen LogP contribution in [-0.2, 0) is 9.84 Å². The first-order valence-electron chi connectivity index (χ1n) is 7.13. The minimum Gasteiger partial charge on any atom is -0.317 e. The Hall–Kier alpha value is -0.130. The summed E-state index contributed by atoms with van der Waals surface area (Å²) in [5, 5.41) is 3.43. The largest absolute Gasteiger partial charge is 0.317 e. The van der Waals surface area contributed by atoms with Crippen LogP contribution in [0.5, 0.6) is 0 Å². The Bertz CT molecular complexity index is 369. The van der Waals surface area contributed by atoms with Gasteiger partial charge in [0.05, 0.1) is 11.5 Å². The summed E-state index contributed by atoms with van der Waals surface area (Å²) in [6, 6.07) is 0.799. The fourth-order valence-electron chi connectivity index (χ4n) is 3.41. The highest BCUT2D eigenvalue weighted by Crippen LogP contribution is 2.26. The molecule has 3 atom stereocenters. The van der Waals surface area contributed by atoms with Gasteiger partial charge in [0, 0.05) is 25.2 Å². The number of nitrogens with one attached hydrogen (secondary N) is 1. The van der Waals surface area contributed by atoms with Crippen molar-refractivity contribution < 1.29 is 8.42 Å². The van der Waals surface area contributed by atoms with E-state index >= 15 is 0 Å². The van der Waals surface area contributed by atoms with E-state index in [0.717, 1.165) is 13.1 Å². The average molecular weight is 274 g/mol. The van der Waals surface area contributed by atoms with E-state index < -0.39 is 9.84 Å². The van der Waals surface area contributed by atoms with Gasteiger partial charge >= 0.3 is 0 Å². The number of rotatable bonds is 3. The molecule has 5 heteroatoms. The highest BCUT2D eigenvalue weighted by molar-refractivity contribution is 7.91. The molecule has 0 aromatic carbocycles. The summed E-state index contributed by atoms with van der Waals surface area (Å²) < 4.78 is 23.2. The van der Waals surface area contributed by atoms with Crippen molar-refractivity contribution in [2.24, 2.45) is 5.92 Å². The van der Waals surface area contributed by atoms with Crippen LogP contribution < -0.4 is 5.32 Å². The Balaban J connectivity index is 1.92. The van der Waals surface area contributed by atoms with E-state index in [1.54, 1.807) is 0 Å². The highest BCUT2D eigenvalue weighted by atomic mass is 32.2. The Morgan fingerprint density at radius 1 is 1.28 bits per heavy atom. The maximum Gasteiger partial charge on any atom is 0.153 e. The second-order valence-electron chi connectivity index (χ2n) is 5.90. The van der Waals surface area contributed by atoms with Crippen molar-refractivity contribution in [1.29, 1.82) is 0 Å². The summed E-state index contributed by atoms with van der Waals surface area (Å²) in [4.78, 5) is 2.38. The predicted molar refractivity (Wildman–Crippen MR) is 74.5 cm³/mol. The SMILES string of the molecule is CNC1CCCCC1CN1CCS(=O)(=O)CC1C. The van der Waals surface area contributed by atoms with Gasteiger partial charge in [0.2, 0.25) is 0 Å². The van der Waals surface area contributed by atoms with Crippen molar-refractivity contribution in [2.75, 3.05) is 31.6 Å². The van der Waals surface area contributed by atoms with Gasteiger partial charge in [-0.3, -0.25) is 4.90 Å². The molecular formula is C13H26N2O2S. The first kappa shape index (κ1) is 14.3. The third-order valence-corrected chi connectivity index (χ3v) is 6.35. The minimum absolute atomic E-state index is 0.184. The van der Waals surface area contributed by atoms with E-state index in [0.29, 0.717) is 23.5 Å². The van der Waals surface area contributed by atoms with Crippen LogP contribution >= 0.6 is 0 Å². The summed E-state index contributed by atoms with van der Waals surface area (Å²) in [6.07, 6.45) is 5.19. The van der Waals surface area contributed by atoms with Gasteiger partial charge in [-0.15, -0.1) is 0 Å². The first-order chi connectivity index (χ1) is 8.52. The van der Waals surface area contributed by atoms with Gasteiger partial charge < -0.3 is 5.32 Å². The first-order valence-corrected chi connectivity index (χ1v) is 8.96. The van der Waals surface area contributed by atoms with Gasteiger partial charge in [-0.25, -0.2) is 8.42 Å². The molecule has 1 heterocycles. The molecule has 0 amide bonds. The molecule has 1 aliphatic heterocycles. The van der Waals surface area contributed by atoms with Gasteiger partial charge in [0.1, 0.15) is 0 Å². The van der Waals surface area contributed by atoms with Crippen LogP contribution in [-0.4, -0.2) is 57.0 Å². The zero-order valence-corrected chi connectivity index (χ0v) is 12.4. The molecule has 0 radical (unpaired) electrons. The van der Waals surface area contributed by atoms with Crippen LogP contribution in [0.25, 0.3) is 0 Å². The number of sulfone groups is 1. The molecule has 0 spiro atoms. The smallest absolute Gasteiger partial charge is 0.153 e. The van der Waals surface area contributed by atoms with Crippen molar-refractivity contribution in [1.82, 2.24) is 10.2 Å². The van der Waals surface area contributed by atoms with E-state index in [2.05, 4.69) is 10.2 Å². The second-order valence-corrected chi connectivity index (χ2v) is 8.13. The Morgan fingerprint density at radius 3 is 2.67 bits per heavy atom. The van der Waals surface area contributed by atoms with Gasteiger partial charge in [0.15, 0.2) is 9.84 Å². The van der Waals surface area contributed by atoms with E-state index in [4.69, 9.17) is 0 Å². The lowest BCUT2D eigenvalue weighted by atomic mass is 9.84. The standard InChI is InChI=1S/C13H26N2O2S/c1-11-10-18(16,17)8-7-15(11)9-12-5-3-4-6-13(12)14-2/h11-14H,3-10H2,1-2H3. The van der Waals surface area contributed by atoms with Gasteiger partial charge in [-0.2, -0.15) is 0 Å². The molecule has 106 valence electrons. The zero-order valence-electron chi connectivity index (χ0n) is 11.6. The van der Waals surface area contributed by atoms with Crippen molar-refractivity contribution in [3.8, 4) is 0 Å². The third kappa shape index (κ3) is 3.45. The summed E-state index contributed by atoms with van der Waals surface area (Å²) in [7, 11) is -0.733. The lowest BCUT2D eigenvalue weighted by Gasteiger charge is -2.39. The maximum atomic E-state index is 11.6. The molecule has 3 unspecified atom stereocenters. The third-order valence-electron chi connectivity index (χ3n) is 4.56. The molecule has 4 nitrogen and oxygen atoms in total. The summed E-state index contributed by atoms with van der Waals surface area (Å²) >= 11 is 0. The van der Waals surface area contributed by atoms with Crippen molar-refractivity contribution in [3.63, 3.8) is 0 Å². The monoisotopic (exact) mass is 274 g/mol. The van der Waals surface area contributed by atoms with Crippen LogP contribution in [0.1, 0.15) is 32.6 Å². The summed E-state index contributed by atoms with van der Waals surface area (Å²) in [5.74, 6) is 1.37. The number of hydrogen-bond acceptors (Lipinski definition) is 4. The molecule has 2 rings (SSSR count). The molecule has 0 aromatic rings. The van der Waals surface area contributed by atoms with Gasteiger partial charge in [0.25, 0.3) is 0 Å². The summed E-state index contributed by atoms with van der Waals surface area (Å²) in [6.45, 7) is 3.83. The normalized spacial score (nSPS) is 37.6. The predicted octanol–water partition coefficient (Wildman–Crippen LogP) is 0.884. The molecule has 1 aliphatic carbocycles. The Labute approximate surface area is 111 Å². The number of nitrogens with zero attached hydrogens (tertiary/aromatic N) is 1. The molecule has 18 heavy (non-hydrogen) atoms. The van der Waals surface area contributed by atoms with Crippen LogP contribution in [0.15, 0.2) is 0 Å². The van der Waals surface area contributed by atoms with Crippen LogP contribution in [0.3, 0.4) is 0 Å². The van der Waals surface area contributed by atoms with Crippen LogP contribution in [0.2, 0.25) is 0 Å². The maximum absolute atomic E-state index is 11.6. The highest BCUT2D eigenvalue weighted by Gasteiger charge is 2.32. The van der Waals surface area contributed by atoms with E-state index in [1.807, 2.05) is 14.0 Å². The number of hydrogen-bond donors (Lipinski definition) is 1. The van der Waals surface area contributed by atoms with Crippen molar-refractivity contribution >= 4 is 9.84 Å². The molecule has 0 bridgehead atoms. The molecule has 2 aliphatic rings. The second kappa shape index (κ2) is 5.88. The molecular weight excluding hydrogens is 248 g/mol. The molecule has 1 saturated heterocycles. The molecule has 0 aromatic heterocycles. The van der Waals surface area contributed by atoms with Crippen molar-refractivity contribution in [2.45, 2.75) is 44.7 Å². The van der Waals surface area contributed by atoms with Gasteiger partial charge in [-0.05, 0) is 32.7 Å². The van der Waals surface area contributed by atoms with Crippen molar-refractivity contribution in [3.05, 3.63) is 0 Å². The van der Waals surface area contributed by atoms with E-state index in [1.165, 1.54) is 25.7 Å². The summed E-state index contributed by atoms with van der Waals surface area (Å²) in [5.41, 5.74) is 0. The Morgan fingerprint density at radius 2 is 2.00 bits per heavy atom. The van der Waals surface area contributed by atoms with Crippen LogP contribution in [0, 0.1) is 5.92 Å². The Kier molecular flexibility index (Phi) is 4.67. The fourth-order valence-corrected chi connectivity index (χ4v) is 5.04. The fraction of sp³-hybridized carbons (Fsp3) is 1.00. The van der Waals surface area contributed by atoms with Gasteiger partial charge in [-0.1, -0.05) is 12.8 Å². The average Bonchev–Trinajstić information content (AvgIpc) is 2.33. The van der Waals surface area contributed by atoms with E-state index in [-0.39, 0.29) is 6.04 Å². The lowest BCUT2D eigenvalue weighted by molar-refractivity contribution is 0.147. The van der Waals surface area contributed by atoms with E-state index in [9.17, 15) is 8.42 Å². The molecule has 2 fully saturated rings. The molecule has 1 N–H and O–H groups in total. The molecule has 1 saturated carbocycles. The topological polar surface area (TPSA) is 49.4 Å². The lowest BCUT2D eigenvalue weighted by Crippen LogP contribution is -2.51. The van der Waals surface area contributed by atoms with Crippen LogP contribution in [0.4, 0.5) is 0 Å². The quantitative estimate of drug-likeness (QED) is 0.830.